The molecule has 2 aromatic carbocycles. The van der Waals surface area contributed by atoms with Crippen molar-refractivity contribution in [3.63, 3.8) is 0 Å². The van der Waals surface area contributed by atoms with Gasteiger partial charge in [0.05, 0.1) is 10.6 Å². The average Bonchev–Trinajstić information content (AvgIpc) is 2.45. The van der Waals surface area contributed by atoms with E-state index in [2.05, 4.69) is 9.93 Å². The van der Waals surface area contributed by atoms with E-state index < -0.39 is 10.0 Å². The topological polar surface area (TPSA) is 78.8 Å². The second-order valence-corrected chi connectivity index (χ2v) is 6.39. The third kappa shape index (κ3) is 3.96. The number of nitrogens with one attached hydrogen (secondary N) is 1. The largest absolute Gasteiger partial charge is 0.508 e. The van der Waals surface area contributed by atoms with Gasteiger partial charge in [0, 0.05) is 10.6 Å². The number of hydrogen-bond acceptors (Lipinski definition) is 4. The van der Waals surface area contributed by atoms with Crippen LogP contribution < -0.4 is 4.83 Å². The van der Waals surface area contributed by atoms with Crippen molar-refractivity contribution in [3.05, 3.63) is 59.1 Å². The number of hydrazone groups is 1. The molecule has 0 atom stereocenters. The van der Waals surface area contributed by atoms with Gasteiger partial charge in [-0.25, -0.2) is 0 Å². The van der Waals surface area contributed by atoms with Gasteiger partial charge in [0.25, 0.3) is 10.0 Å². The average molecular weight is 325 g/mol. The lowest BCUT2D eigenvalue weighted by molar-refractivity contribution is 0.475. The molecule has 0 saturated carbocycles. The molecule has 0 amide bonds. The Kier molecular flexibility index (Phi) is 4.50. The van der Waals surface area contributed by atoms with E-state index in [4.69, 9.17) is 11.6 Å². The van der Waals surface area contributed by atoms with Crippen LogP contribution in [-0.2, 0) is 10.0 Å². The fraction of sp³-hybridized carbons (Fsp3) is 0.0714. The van der Waals surface area contributed by atoms with Gasteiger partial charge in [-0.1, -0.05) is 23.7 Å². The Balaban J connectivity index is 2.21. The molecule has 2 rings (SSSR count). The highest BCUT2D eigenvalue weighted by atomic mass is 35.5. The van der Waals surface area contributed by atoms with Crippen molar-refractivity contribution in [1.29, 1.82) is 0 Å². The molecule has 110 valence electrons. The zero-order valence-electron chi connectivity index (χ0n) is 11.1. The summed E-state index contributed by atoms with van der Waals surface area (Å²) in [7, 11) is -3.75. The number of phenols is 1. The van der Waals surface area contributed by atoms with Crippen molar-refractivity contribution in [1.82, 2.24) is 4.83 Å². The summed E-state index contributed by atoms with van der Waals surface area (Å²) >= 11 is 5.72. The molecular weight excluding hydrogens is 312 g/mol. The molecule has 0 saturated heterocycles. The van der Waals surface area contributed by atoms with Crippen molar-refractivity contribution >= 4 is 27.3 Å². The molecule has 0 aromatic heterocycles. The van der Waals surface area contributed by atoms with Gasteiger partial charge in [0.15, 0.2) is 0 Å². The van der Waals surface area contributed by atoms with Crippen LogP contribution in [0.2, 0.25) is 5.02 Å². The first kappa shape index (κ1) is 15.3. The van der Waals surface area contributed by atoms with Gasteiger partial charge in [-0.2, -0.15) is 18.4 Å². The predicted molar refractivity (Wildman–Crippen MR) is 82.1 cm³/mol. The highest BCUT2D eigenvalue weighted by Gasteiger charge is 2.12. The summed E-state index contributed by atoms with van der Waals surface area (Å²) in [4.78, 5) is 2.22. The number of rotatable bonds is 4. The molecule has 2 aromatic rings. The van der Waals surface area contributed by atoms with E-state index in [0.717, 1.165) is 0 Å². The molecule has 0 unspecified atom stereocenters. The van der Waals surface area contributed by atoms with Gasteiger partial charge < -0.3 is 5.11 Å². The van der Waals surface area contributed by atoms with Crippen LogP contribution in [-0.4, -0.2) is 19.2 Å². The van der Waals surface area contributed by atoms with E-state index in [1.807, 2.05) is 0 Å². The number of halogens is 1. The normalized spacial score (nSPS) is 12.2. The van der Waals surface area contributed by atoms with E-state index >= 15 is 0 Å². The molecule has 0 spiro atoms. The van der Waals surface area contributed by atoms with Gasteiger partial charge in [0.2, 0.25) is 0 Å². The lowest BCUT2D eigenvalue weighted by Gasteiger charge is -2.06. The molecular formula is C14H13ClN2O3S. The number of sulfonamides is 1. The molecule has 0 aliphatic carbocycles. The first-order chi connectivity index (χ1) is 9.88. The van der Waals surface area contributed by atoms with E-state index in [-0.39, 0.29) is 10.6 Å². The standard InChI is InChI=1S/C14H13ClN2O3S/c1-10(11-3-2-4-13(18)9-11)16-17-21(19,20)14-7-5-12(15)6-8-14/h2-9,17-18H,1H3. The zero-order chi connectivity index (χ0) is 15.5. The van der Waals surface area contributed by atoms with Crippen molar-refractivity contribution in [2.24, 2.45) is 5.10 Å². The smallest absolute Gasteiger partial charge is 0.276 e. The van der Waals surface area contributed by atoms with E-state index in [0.29, 0.717) is 16.3 Å². The highest BCUT2D eigenvalue weighted by Crippen LogP contribution is 2.14. The second kappa shape index (κ2) is 6.15. The first-order valence-corrected chi connectivity index (χ1v) is 7.86. The minimum absolute atomic E-state index is 0.0689. The van der Waals surface area contributed by atoms with E-state index in [1.165, 1.54) is 36.4 Å². The fourth-order valence-corrected chi connectivity index (χ4v) is 2.57. The molecule has 0 heterocycles. The van der Waals surface area contributed by atoms with Crippen molar-refractivity contribution in [2.45, 2.75) is 11.8 Å². The van der Waals surface area contributed by atoms with Crippen LogP contribution >= 0.6 is 11.6 Å². The summed E-state index contributed by atoms with van der Waals surface area (Å²) in [5, 5.41) is 13.7. The van der Waals surface area contributed by atoms with Crippen LogP contribution in [0.15, 0.2) is 58.5 Å². The molecule has 5 nitrogen and oxygen atoms in total. The summed E-state index contributed by atoms with van der Waals surface area (Å²) in [6, 6.07) is 12.1. The number of nitrogens with zero attached hydrogens (tertiary/aromatic N) is 1. The predicted octanol–water partition coefficient (Wildman–Crippen LogP) is 2.75. The van der Waals surface area contributed by atoms with Gasteiger partial charge in [0.1, 0.15) is 5.75 Å². The van der Waals surface area contributed by atoms with Crippen molar-refractivity contribution in [3.8, 4) is 5.75 Å². The minimum atomic E-state index is -3.75. The van der Waals surface area contributed by atoms with Gasteiger partial charge >= 0.3 is 0 Å². The summed E-state index contributed by atoms with van der Waals surface area (Å²) in [5.74, 6) is 0.0857. The van der Waals surface area contributed by atoms with Crippen molar-refractivity contribution in [2.75, 3.05) is 0 Å². The van der Waals surface area contributed by atoms with Crippen LogP contribution in [0.5, 0.6) is 5.75 Å². The van der Waals surface area contributed by atoms with E-state index in [1.54, 1.807) is 19.1 Å². The maximum absolute atomic E-state index is 12.0. The van der Waals surface area contributed by atoms with Gasteiger partial charge in [-0.15, -0.1) is 0 Å². The van der Waals surface area contributed by atoms with Gasteiger partial charge in [-0.3, -0.25) is 0 Å². The minimum Gasteiger partial charge on any atom is -0.508 e. The Morgan fingerprint density at radius 3 is 2.48 bits per heavy atom. The monoisotopic (exact) mass is 324 g/mol. The van der Waals surface area contributed by atoms with E-state index in [9.17, 15) is 13.5 Å². The first-order valence-electron chi connectivity index (χ1n) is 5.99. The number of hydrogen-bond donors (Lipinski definition) is 2. The Morgan fingerprint density at radius 1 is 1.19 bits per heavy atom. The van der Waals surface area contributed by atoms with Crippen LogP contribution in [0.1, 0.15) is 12.5 Å². The maximum Gasteiger partial charge on any atom is 0.276 e. The fourth-order valence-electron chi connectivity index (χ4n) is 1.59. The van der Waals surface area contributed by atoms with Crippen molar-refractivity contribution < 1.29 is 13.5 Å². The summed E-state index contributed by atoms with van der Waals surface area (Å²) in [6.07, 6.45) is 0. The number of benzene rings is 2. The zero-order valence-corrected chi connectivity index (χ0v) is 12.7. The quantitative estimate of drug-likeness (QED) is 0.670. The lowest BCUT2D eigenvalue weighted by atomic mass is 10.1. The SMILES string of the molecule is CC(=NNS(=O)(=O)c1ccc(Cl)cc1)c1cccc(O)c1. The Bertz CT molecular complexity index is 771. The highest BCUT2D eigenvalue weighted by molar-refractivity contribution is 7.89. The van der Waals surface area contributed by atoms with Gasteiger partial charge in [-0.05, 0) is 43.3 Å². The molecule has 2 N–H and O–H groups in total. The summed E-state index contributed by atoms with van der Waals surface area (Å²) < 4.78 is 24.1. The molecule has 0 aliphatic heterocycles. The molecule has 0 fully saturated rings. The lowest BCUT2D eigenvalue weighted by Crippen LogP contribution is -2.19. The third-order valence-electron chi connectivity index (χ3n) is 2.72. The van der Waals surface area contributed by atoms with Crippen LogP contribution in [0.25, 0.3) is 0 Å². The molecule has 0 bridgehead atoms. The van der Waals surface area contributed by atoms with Crippen LogP contribution in [0.3, 0.4) is 0 Å². The van der Waals surface area contributed by atoms with Crippen LogP contribution in [0, 0.1) is 0 Å². The second-order valence-electron chi connectivity index (χ2n) is 4.30. The Labute approximate surface area is 127 Å². The number of aromatic hydroxyl groups is 1. The Morgan fingerprint density at radius 2 is 1.86 bits per heavy atom. The molecule has 0 radical (unpaired) electrons. The third-order valence-corrected chi connectivity index (χ3v) is 4.20. The number of phenolic OH excluding ortho intramolecular Hbond substituents is 1. The maximum atomic E-state index is 12.0. The Hall–Kier alpha value is -2.05. The van der Waals surface area contributed by atoms with Crippen LogP contribution in [0.4, 0.5) is 0 Å². The molecule has 7 heteroatoms. The summed E-state index contributed by atoms with van der Waals surface area (Å²) in [6.45, 7) is 1.64. The molecule has 0 aliphatic rings. The molecule has 21 heavy (non-hydrogen) atoms. The summed E-state index contributed by atoms with van der Waals surface area (Å²) in [5.41, 5.74) is 1.05.